The maximum atomic E-state index is 14.3. The molecule has 1 aliphatic carbocycles. The lowest BCUT2D eigenvalue weighted by Gasteiger charge is -2.32. The molecule has 1 saturated carbocycles. The van der Waals surface area contributed by atoms with Crippen LogP contribution in [0, 0.1) is 23.1 Å². The van der Waals surface area contributed by atoms with Crippen LogP contribution in [-0.2, 0) is 24.4 Å². The molecule has 2 aromatic carbocycles. The molecule has 214 valence electrons. The van der Waals surface area contributed by atoms with Crippen LogP contribution in [-0.4, -0.2) is 55.8 Å². The number of imidazole rings is 1. The second-order valence-electron chi connectivity index (χ2n) is 11.4. The predicted octanol–water partition coefficient (Wildman–Crippen LogP) is 4.89. The van der Waals surface area contributed by atoms with Crippen molar-refractivity contribution < 1.29 is 23.8 Å². The van der Waals surface area contributed by atoms with Gasteiger partial charge in [0, 0.05) is 35.9 Å². The summed E-state index contributed by atoms with van der Waals surface area (Å²) in [5.74, 6) is 0.804. The van der Waals surface area contributed by atoms with Gasteiger partial charge in [-0.2, -0.15) is 5.26 Å². The largest absolute Gasteiger partial charge is 0.478 e. The number of hydrogen-bond donors (Lipinski definition) is 1. The van der Waals surface area contributed by atoms with Crippen molar-refractivity contribution >= 4 is 17.0 Å². The second-order valence-corrected chi connectivity index (χ2v) is 11.4. The zero-order valence-corrected chi connectivity index (χ0v) is 22.9. The van der Waals surface area contributed by atoms with Crippen LogP contribution >= 0.6 is 0 Å². The molecule has 0 radical (unpaired) electrons. The first-order chi connectivity index (χ1) is 20.5. The summed E-state index contributed by atoms with van der Waals surface area (Å²) in [6.07, 6.45) is 3.16. The number of aromatic nitrogens is 3. The SMILES string of the molecule is N#Cc1ccc(COc2cccc([C@H]3CCN(Cc4nc5ccc(C(=O)O)cc5n4C[C@@H]4CCO4)[C@H]4C[C@@H]34)n2)c(F)c1. The Morgan fingerprint density at radius 1 is 1.17 bits per heavy atom. The van der Waals surface area contributed by atoms with Crippen LogP contribution < -0.4 is 4.74 Å². The van der Waals surface area contributed by atoms with Crippen LogP contribution in [0.1, 0.15) is 58.2 Å². The van der Waals surface area contributed by atoms with E-state index < -0.39 is 11.8 Å². The number of rotatable bonds is 9. The Bertz CT molecular complexity index is 1710. The number of piperidine rings is 1. The number of fused-ring (bicyclic) bond motifs is 2. The van der Waals surface area contributed by atoms with E-state index in [0.717, 1.165) is 55.0 Å². The van der Waals surface area contributed by atoms with Gasteiger partial charge in [0.05, 0.1) is 47.4 Å². The summed E-state index contributed by atoms with van der Waals surface area (Å²) >= 11 is 0. The van der Waals surface area contributed by atoms with E-state index in [1.165, 1.54) is 6.07 Å². The minimum Gasteiger partial charge on any atom is -0.478 e. The number of hydrogen-bond acceptors (Lipinski definition) is 7. The number of halogens is 1. The van der Waals surface area contributed by atoms with Gasteiger partial charge in [0.25, 0.3) is 0 Å². The number of nitriles is 1. The number of benzene rings is 2. The van der Waals surface area contributed by atoms with Crippen molar-refractivity contribution in [2.45, 2.75) is 57.0 Å². The Balaban J connectivity index is 1.04. The molecule has 0 unspecified atom stereocenters. The van der Waals surface area contributed by atoms with E-state index in [1.54, 1.807) is 36.4 Å². The fraction of sp³-hybridized carbons (Fsp3) is 0.375. The van der Waals surface area contributed by atoms with E-state index in [9.17, 15) is 14.3 Å². The van der Waals surface area contributed by atoms with Crippen molar-refractivity contribution in [3.05, 3.63) is 88.6 Å². The van der Waals surface area contributed by atoms with E-state index in [2.05, 4.69) is 9.47 Å². The molecule has 9 nitrogen and oxygen atoms in total. The first-order valence-electron chi connectivity index (χ1n) is 14.3. The fourth-order valence-electron chi connectivity index (χ4n) is 6.35. The van der Waals surface area contributed by atoms with Crippen molar-refractivity contribution in [3.63, 3.8) is 0 Å². The predicted molar refractivity (Wildman–Crippen MR) is 150 cm³/mol. The van der Waals surface area contributed by atoms with Gasteiger partial charge in [0.1, 0.15) is 18.2 Å². The second kappa shape index (κ2) is 10.8. The molecule has 2 aromatic heterocycles. The number of likely N-dealkylation sites (tertiary alicyclic amines) is 1. The molecule has 7 rings (SSSR count). The summed E-state index contributed by atoms with van der Waals surface area (Å²) in [5.41, 5.74) is 3.55. The van der Waals surface area contributed by atoms with Gasteiger partial charge < -0.3 is 19.1 Å². The zero-order valence-electron chi connectivity index (χ0n) is 22.9. The molecular weight excluding hydrogens is 537 g/mol. The lowest BCUT2D eigenvalue weighted by Crippen LogP contribution is -2.36. The molecule has 1 N–H and O–H groups in total. The molecule has 4 aromatic rings. The van der Waals surface area contributed by atoms with Crippen molar-refractivity contribution in [2.75, 3.05) is 13.2 Å². The number of carbonyl (C=O) groups is 1. The molecule has 0 bridgehead atoms. The smallest absolute Gasteiger partial charge is 0.335 e. The van der Waals surface area contributed by atoms with E-state index in [-0.39, 0.29) is 23.8 Å². The van der Waals surface area contributed by atoms with Gasteiger partial charge in [-0.3, -0.25) is 4.90 Å². The Kier molecular flexibility index (Phi) is 6.84. The Labute approximate surface area is 242 Å². The van der Waals surface area contributed by atoms with Gasteiger partial charge in [-0.15, -0.1) is 0 Å². The molecule has 4 heterocycles. The van der Waals surface area contributed by atoms with Crippen molar-refractivity contribution in [2.24, 2.45) is 5.92 Å². The van der Waals surface area contributed by atoms with Crippen LogP contribution in [0.3, 0.4) is 0 Å². The third-order valence-corrected chi connectivity index (χ3v) is 8.80. The Hall–Kier alpha value is -4.33. The maximum absolute atomic E-state index is 14.3. The van der Waals surface area contributed by atoms with E-state index >= 15 is 0 Å². The summed E-state index contributed by atoms with van der Waals surface area (Å²) in [5, 5.41) is 18.5. The highest BCUT2D eigenvalue weighted by Crippen LogP contribution is 2.51. The molecule has 0 amide bonds. The van der Waals surface area contributed by atoms with Gasteiger partial charge >= 0.3 is 5.97 Å². The molecular formula is C32H30FN5O4. The van der Waals surface area contributed by atoms with Gasteiger partial charge in [-0.1, -0.05) is 12.1 Å². The fourth-order valence-corrected chi connectivity index (χ4v) is 6.35. The van der Waals surface area contributed by atoms with Gasteiger partial charge in [0.2, 0.25) is 5.88 Å². The zero-order chi connectivity index (χ0) is 28.8. The first-order valence-corrected chi connectivity index (χ1v) is 14.3. The van der Waals surface area contributed by atoms with Crippen LogP contribution in [0.5, 0.6) is 5.88 Å². The topological polar surface area (TPSA) is 114 Å². The number of ether oxygens (including phenoxy) is 2. The lowest BCUT2D eigenvalue weighted by molar-refractivity contribution is -0.0592. The first kappa shape index (κ1) is 26.6. The average Bonchev–Trinajstić information content (AvgIpc) is 3.71. The Morgan fingerprint density at radius 3 is 2.81 bits per heavy atom. The number of carboxylic acid groups (broad SMARTS) is 1. The molecule has 4 atom stereocenters. The van der Waals surface area contributed by atoms with E-state index in [0.29, 0.717) is 42.4 Å². The molecule has 0 spiro atoms. The van der Waals surface area contributed by atoms with Crippen LogP contribution in [0.15, 0.2) is 54.6 Å². The third kappa shape index (κ3) is 5.10. The standard InChI is InChI=1S/C32H30FN5O4/c33-25-12-19(15-34)4-5-21(25)18-42-31-3-1-2-26(36-31)23-8-10-37(28-14-24(23)28)17-30-35-27-7-6-20(32(39)40)13-29(27)38(30)16-22-9-11-41-22/h1-7,12-13,22-24,28H,8-11,14,16-18H2,(H,39,40)/t22-,23-,24-,28-/m0/s1. The molecule has 2 saturated heterocycles. The average molecular weight is 568 g/mol. The van der Waals surface area contributed by atoms with Crippen LogP contribution in [0.2, 0.25) is 0 Å². The maximum Gasteiger partial charge on any atom is 0.335 e. The molecule has 10 heteroatoms. The summed E-state index contributed by atoms with van der Waals surface area (Å²) in [6, 6.07) is 17.6. The Morgan fingerprint density at radius 2 is 2.05 bits per heavy atom. The monoisotopic (exact) mass is 567 g/mol. The molecule has 42 heavy (non-hydrogen) atoms. The molecule has 3 fully saturated rings. The minimum atomic E-state index is -0.946. The van der Waals surface area contributed by atoms with Gasteiger partial charge in [-0.05, 0) is 68.1 Å². The summed E-state index contributed by atoms with van der Waals surface area (Å²) in [7, 11) is 0. The highest BCUT2D eigenvalue weighted by molar-refractivity contribution is 5.92. The van der Waals surface area contributed by atoms with Crippen LogP contribution in [0.25, 0.3) is 11.0 Å². The third-order valence-electron chi connectivity index (χ3n) is 8.80. The van der Waals surface area contributed by atoms with E-state index in [1.807, 2.05) is 18.2 Å². The molecule has 2 aliphatic heterocycles. The molecule has 3 aliphatic rings. The minimum absolute atomic E-state index is 0.0410. The van der Waals surface area contributed by atoms with Gasteiger partial charge in [-0.25, -0.2) is 19.2 Å². The van der Waals surface area contributed by atoms with E-state index in [4.69, 9.17) is 24.7 Å². The van der Waals surface area contributed by atoms with Crippen molar-refractivity contribution in [1.29, 1.82) is 5.26 Å². The highest BCUT2D eigenvalue weighted by atomic mass is 19.1. The number of carboxylic acids is 1. The summed E-state index contributed by atoms with van der Waals surface area (Å²) < 4.78 is 28.0. The number of aromatic carboxylic acids is 1. The van der Waals surface area contributed by atoms with Crippen molar-refractivity contribution in [3.8, 4) is 11.9 Å². The van der Waals surface area contributed by atoms with Crippen molar-refractivity contribution in [1.82, 2.24) is 19.4 Å². The normalized spacial score (nSPS) is 23.1. The van der Waals surface area contributed by atoms with Gasteiger partial charge in [0.15, 0.2) is 0 Å². The highest BCUT2D eigenvalue weighted by Gasteiger charge is 2.50. The summed E-state index contributed by atoms with van der Waals surface area (Å²) in [6.45, 7) is 3.07. The summed E-state index contributed by atoms with van der Waals surface area (Å²) in [4.78, 5) is 23.8. The lowest BCUT2D eigenvalue weighted by atomic mass is 9.92. The quantitative estimate of drug-likeness (QED) is 0.304. The number of pyridine rings is 1. The number of nitrogens with zero attached hydrogens (tertiary/aromatic N) is 5. The van der Waals surface area contributed by atoms with Crippen LogP contribution in [0.4, 0.5) is 4.39 Å².